The first-order valence-corrected chi connectivity index (χ1v) is 5.10. The molecule has 0 radical (unpaired) electrons. The van der Waals surface area contributed by atoms with Crippen LogP contribution >= 0.6 is 11.6 Å². The van der Waals surface area contributed by atoms with E-state index in [1.165, 1.54) is 25.7 Å². The minimum Gasteiger partial charge on any atom is -0.381 e. The summed E-state index contributed by atoms with van der Waals surface area (Å²) >= 11 is 5.69. The molecular weight excluding hydrogens is 184 g/mol. The zero-order valence-electron chi connectivity index (χ0n) is 7.46. The van der Waals surface area contributed by atoms with Gasteiger partial charge in [-0.3, -0.25) is 0 Å². The molecule has 0 saturated heterocycles. The van der Waals surface area contributed by atoms with Crippen molar-refractivity contribution in [1.82, 2.24) is 4.98 Å². The second-order valence-electron chi connectivity index (χ2n) is 3.50. The smallest absolute Gasteiger partial charge is 0.129 e. The van der Waals surface area contributed by atoms with Gasteiger partial charge in [-0.25, -0.2) is 4.98 Å². The van der Waals surface area contributed by atoms with Crippen molar-refractivity contribution in [3.8, 4) is 0 Å². The predicted octanol–water partition coefficient (Wildman–Crippen LogP) is 3.09. The maximum absolute atomic E-state index is 5.69. The summed E-state index contributed by atoms with van der Waals surface area (Å²) in [6.07, 6.45) is 7.04. The van der Waals surface area contributed by atoms with Crippen molar-refractivity contribution in [3.63, 3.8) is 0 Å². The number of hydrogen-bond acceptors (Lipinski definition) is 2. The molecule has 1 aliphatic carbocycles. The lowest BCUT2D eigenvalue weighted by Gasteiger charge is -2.12. The molecule has 0 spiro atoms. The molecule has 0 bridgehead atoms. The second kappa shape index (κ2) is 3.97. The third-order valence-electron chi connectivity index (χ3n) is 2.45. The van der Waals surface area contributed by atoms with Gasteiger partial charge in [0.2, 0.25) is 0 Å². The molecule has 0 atom stereocenters. The van der Waals surface area contributed by atoms with Crippen LogP contribution in [0.5, 0.6) is 0 Å². The van der Waals surface area contributed by atoms with Crippen LogP contribution in [0.15, 0.2) is 18.3 Å². The van der Waals surface area contributed by atoms with Gasteiger partial charge in [-0.2, -0.15) is 0 Å². The van der Waals surface area contributed by atoms with E-state index in [-0.39, 0.29) is 0 Å². The molecule has 0 amide bonds. The molecule has 2 nitrogen and oxygen atoms in total. The predicted molar refractivity (Wildman–Crippen MR) is 55.1 cm³/mol. The van der Waals surface area contributed by atoms with Crippen molar-refractivity contribution in [1.29, 1.82) is 0 Å². The summed E-state index contributed by atoms with van der Waals surface area (Å²) < 4.78 is 0. The highest BCUT2D eigenvalue weighted by molar-refractivity contribution is 6.29. The Kier molecular flexibility index (Phi) is 2.69. The molecule has 1 aromatic rings. The van der Waals surface area contributed by atoms with Gasteiger partial charge in [-0.15, -0.1) is 0 Å². The molecule has 1 saturated carbocycles. The SMILES string of the molecule is Clc1ccc(NC2CCCC2)cn1. The number of pyridine rings is 1. The van der Waals surface area contributed by atoms with Gasteiger partial charge in [0.15, 0.2) is 0 Å². The Balaban J connectivity index is 1.97. The molecule has 1 aromatic heterocycles. The summed E-state index contributed by atoms with van der Waals surface area (Å²) in [7, 11) is 0. The summed E-state index contributed by atoms with van der Waals surface area (Å²) in [4.78, 5) is 4.02. The van der Waals surface area contributed by atoms with E-state index < -0.39 is 0 Å². The van der Waals surface area contributed by atoms with Gasteiger partial charge in [0.1, 0.15) is 5.15 Å². The maximum Gasteiger partial charge on any atom is 0.129 e. The monoisotopic (exact) mass is 196 g/mol. The lowest BCUT2D eigenvalue weighted by Crippen LogP contribution is -2.14. The maximum atomic E-state index is 5.69. The highest BCUT2D eigenvalue weighted by Gasteiger charge is 2.14. The number of anilines is 1. The third kappa shape index (κ3) is 2.34. The van der Waals surface area contributed by atoms with Crippen LogP contribution in [-0.2, 0) is 0 Å². The van der Waals surface area contributed by atoms with Crippen LogP contribution in [0, 0.1) is 0 Å². The Labute approximate surface area is 83.3 Å². The zero-order valence-corrected chi connectivity index (χ0v) is 8.22. The number of hydrogen-bond donors (Lipinski definition) is 1. The molecular formula is C10H13ClN2. The highest BCUT2D eigenvalue weighted by Crippen LogP contribution is 2.22. The van der Waals surface area contributed by atoms with Crippen molar-refractivity contribution in [3.05, 3.63) is 23.5 Å². The molecule has 2 rings (SSSR count). The lowest BCUT2D eigenvalue weighted by atomic mass is 10.2. The van der Waals surface area contributed by atoms with Crippen molar-refractivity contribution in [2.24, 2.45) is 0 Å². The van der Waals surface area contributed by atoms with Crippen molar-refractivity contribution in [2.75, 3.05) is 5.32 Å². The summed E-state index contributed by atoms with van der Waals surface area (Å²) in [6.45, 7) is 0. The number of halogens is 1. The van der Waals surface area contributed by atoms with Crippen LogP contribution in [0.3, 0.4) is 0 Å². The molecule has 0 aromatic carbocycles. The lowest BCUT2D eigenvalue weighted by molar-refractivity contribution is 0.755. The minimum atomic E-state index is 0.553. The van der Waals surface area contributed by atoms with Gasteiger partial charge in [0.05, 0.1) is 11.9 Å². The molecule has 0 aliphatic heterocycles. The van der Waals surface area contributed by atoms with E-state index in [1.54, 1.807) is 6.20 Å². The fourth-order valence-electron chi connectivity index (χ4n) is 1.77. The van der Waals surface area contributed by atoms with Gasteiger partial charge in [-0.1, -0.05) is 24.4 Å². The summed E-state index contributed by atoms with van der Waals surface area (Å²) in [5, 5.41) is 4.00. The first kappa shape index (κ1) is 8.82. The molecule has 0 unspecified atom stereocenters. The average Bonchev–Trinajstić information content (AvgIpc) is 2.62. The molecule has 1 N–H and O–H groups in total. The highest BCUT2D eigenvalue weighted by atomic mass is 35.5. The van der Waals surface area contributed by atoms with Crippen LogP contribution in [-0.4, -0.2) is 11.0 Å². The van der Waals surface area contributed by atoms with Crippen LogP contribution < -0.4 is 5.32 Å². The van der Waals surface area contributed by atoms with Gasteiger partial charge in [0, 0.05) is 6.04 Å². The molecule has 1 heterocycles. The van der Waals surface area contributed by atoms with E-state index in [0.717, 1.165) is 5.69 Å². The van der Waals surface area contributed by atoms with E-state index in [9.17, 15) is 0 Å². The molecule has 1 fully saturated rings. The molecule has 70 valence electrons. The number of aromatic nitrogens is 1. The van der Waals surface area contributed by atoms with Crippen LogP contribution in [0.1, 0.15) is 25.7 Å². The Hall–Kier alpha value is -0.760. The van der Waals surface area contributed by atoms with Crippen molar-refractivity contribution >= 4 is 17.3 Å². The Morgan fingerprint density at radius 2 is 2.08 bits per heavy atom. The van der Waals surface area contributed by atoms with E-state index in [1.807, 2.05) is 12.1 Å². The third-order valence-corrected chi connectivity index (χ3v) is 2.68. The average molecular weight is 197 g/mol. The van der Waals surface area contributed by atoms with E-state index in [0.29, 0.717) is 11.2 Å². The summed E-state index contributed by atoms with van der Waals surface area (Å²) in [5.74, 6) is 0. The number of nitrogens with one attached hydrogen (secondary N) is 1. The number of rotatable bonds is 2. The topological polar surface area (TPSA) is 24.9 Å². The fourth-order valence-corrected chi connectivity index (χ4v) is 1.88. The van der Waals surface area contributed by atoms with Gasteiger partial charge in [0.25, 0.3) is 0 Å². The number of nitrogens with zero attached hydrogens (tertiary/aromatic N) is 1. The standard InChI is InChI=1S/C10H13ClN2/c11-10-6-5-9(7-12-10)13-8-3-1-2-4-8/h5-8,13H,1-4H2. The van der Waals surface area contributed by atoms with Gasteiger partial charge in [-0.05, 0) is 25.0 Å². The Bertz CT molecular complexity index is 265. The quantitative estimate of drug-likeness (QED) is 0.736. The van der Waals surface area contributed by atoms with Crippen LogP contribution in [0.25, 0.3) is 0 Å². The molecule has 3 heteroatoms. The van der Waals surface area contributed by atoms with Crippen LogP contribution in [0.2, 0.25) is 5.15 Å². The first-order chi connectivity index (χ1) is 6.34. The van der Waals surface area contributed by atoms with Crippen molar-refractivity contribution < 1.29 is 0 Å². The Morgan fingerprint density at radius 3 is 2.69 bits per heavy atom. The minimum absolute atomic E-state index is 0.553. The fraction of sp³-hybridized carbons (Fsp3) is 0.500. The van der Waals surface area contributed by atoms with Crippen molar-refractivity contribution in [2.45, 2.75) is 31.7 Å². The molecule has 1 aliphatic rings. The van der Waals surface area contributed by atoms with Crippen LogP contribution in [0.4, 0.5) is 5.69 Å². The second-order valence-corrected chi connectivity index (χ2v) is 3.88. The largest absolute Gasteiger partial charge is 0.381 e. The molecule has 13 heavy (non-hydrogen) atoms. The Morgan fingerprint density at radius 1 is 1.31 bits per heavy atom. The summed E-state index contributed by atoms with van der Waals surface area (Å²) in [5.41, 5.74) is 1.08. The van der Waals surface area contributed by atoms with Gasteiger partial charge < -0.3 is 5.32 Å². The first-order valence-electron chi connectivity index (χ1n) is 4.73. The normalized spacial score (nSPS) is 17.6. The van der Waals surface area contributed by atoms with E-state index in [4.69, 9.17) is 11.6 Å². The van der Waals surface area contributed by atoms with Gasteiger partial charge >= 0.3 is 0 Å². The summed E-state index contributed by atoms with van der Waals surface area (Å²) in [6, 6.07) is 4.44. The van der Waals surface area contributed by atoms with E-state index in [2.05, 4.69) is 10.3 Å². The zero-order chi connectivity index (χ0) is 9.10. The van der Waals surface area contributed by atoms with E-state index >= 15 is 0 Å².